The van der Waals surface area contributed by atoms with Gasteiger partial charge in [-0.25, -0.2) is 9.69 Å². The molecule has 1 saturated heterocycles. The zero-order valence-electron chi connectivity index (χ0n) is 18.8. The van der Waals surface area contributed by atoms with Crippen molar-refractivity contribution < 1.29 is 23.9 Å². The number of amides is 2. The minimum atomic E-state index is -0.892. The SMILES string of the molecule is CC(C)Oc1ccccc1C1=NO[C@H](C(=O)N2C(=O)OC(C)(C)[C@@H]2Cc2ccccc2)C1. The first-order valence-corrected chi connectivity index (χ1v) is 10.8. The predicted molar refractivity (Wildman–Crippen MR) is 120 cm³/mol. The van der Waals surface area contributed by atoms with Crippen molar-refractivity contribution in [1.29, 1.82) is 0 Å². The number of ether oxygens (including phenoxy) is 2. The molecule has 32 heavy (non-hydrogen) atoms. The molecule has 0 N–H and O–H groups in total. The van der Waals surface area contributed by atoms with Gasteiger partial charge in [0.05, 0.1) is 17.9 Å². The van der Waals surface area contributed by atoms with E-state index in [0.717, 1.165) is 11.1 Å². The molecule has 168 valence electrons. The standard InChI is InChI=1S/C25H28N2O5/c1-16(2)30-20-13-9-8-12-18(20)19-15-21(32-26-19)23(28)27-22(25(3,4)31-24(27)29)14-17-10-6-5-7-11-17/h5-13,16,21-22H,14-15H2,1-4H3/t21-,22-/m0/s1. The van der Waals surface area contributed by atoms with Gasteiger partial charge in [-0.3, -0.25) is 4.79 Å². The van der Waals surface area contributed by atoms with Gasteiger partial charge in [-0.2, -0.15) is 0 Å². The van der Waals surface area contributed by atoms with Crippen LogP contribution in [-0.2, 0) is 20.8 Å². The van der Waals surface area contributed by atoms with Crippen molar-refractivity contribution in [3.63, 3.8) is 0 Å². The second-order valence-electron chi connectivity index (χ2n) is 8.88. The van der Waals surface area contributed by atoms with Crippen LogP contribution in [0.4, 0.5) is 4.79 Å². The van der Waals surface area contributed by atoms with Crippen molar-refractivity contribution in [1.82, 2.24) is 4.90 Å². The molecule has 0 aliphatic carbocycles. The van der Waals surface area contributed by atoms with E-state index < -0.39 is 29.7 Å². The Labute approximate surface area is 187 Å². The normalized spacial score (nSPS) is 21.8. The molecule has 1 fully saturated rings. The highest BCUT2D eigenvalue weighted by Crippen LogP contribution is 2.34. The summed E-state index contributed by atoms with van der Waals surface area (Å²) in [5, 5.41) is 4.16. The first kappa shape index (κ1) is 21.9. The van der Waals surface area contributed by atoms with Gasteiger partial charge < -0.3 is 14.3 Å². The van der Waals surface area contributed by atoms with Gasteiger partial charge in [0.15, 0.2) is 0 Å². The number of imide groups is 1. The minimum Gasteiger partial charge on any atom is -0.490 e. The summed E-state index contributed by atoms with van der Waals surface area (Å²) < 4.78 is 11.4. The molecule has 7 heteroatoms. The maximum atomic E-state index is 13.4. The first-order chi connectivity index (χ1) is 15.3. The predicted octanol–water partition coefficient (Wildman–Crippen LogP) is 4.34. The number of cyclic esters (lactones) is 1. The summed E-state index contributed by atoms with van der Waals surface area (Å²) in [4.78, 5) is 32.8. The molecule has 2 amide bonds. The number of hydrogen-bond acceptors (Lipinski definition) is 6. The zero-order chi connectivity index (χ0) is 22.9. The van der Waals surface area contributed by atoms with Crippen LogP contribution in [0.15, 0.2) is 59.8 Å². The summed E-state index contributed by atoms with van der Waals surface area (Å²) in [7, 11) is 0. The number of benzene rings is 2. The smallest absolute Gasteiger partial charge is 0.417 e. The number of nitrogens with zero attached hydrogens (tertiary/aromatic N) is 2. The van der Waals surface area contributed by atoms with Crippen LogP contribution in [0.1, 0.15) is 45.2 Å². The molecule has 2 atom stereocenters. The fourth-order valence-electron chi connectivity index (χ4n) is 4.08. The molecule has 0 unspecified atom stereocenters. The van der Waals surface area contributed by atoms with Crippen molar-refractivity contribution >= 4 is 17.7 Å². The summed E-state index contributed by atoms with van der Waals surface area (Å²) >= 11 is 0. The lowest BCUT2D eigenvalue weighted by molar-refractivity contribution is -0.140. The summed E-state index contributed by atoms with van der Waals surface area (Å²) in [5.41, 5.74) is 1.60. The molecular weight excluding hydrogens is 408 g/mol. The van der Waals surface area contributed by atoms with Crippen molar-refractivity contribution in [3.8, 4) is 5.75 Å². The van der Waals surface area contributed by atoms with Crippen LogP contribution in [-0.4, -0.2) is 46.5 Å². The molecule has 2 aliphatic rings. The Bertz CT molecular complexity index is 1030. The lowest BCUT2D eigenvalue weighted by Crippen LogP contribution is -2.49. The molecule has 7 nitrogen and oxygen atoms in total. The van der Waals surface area contributed by atoms with Gasteiger partial charge in [0.1, 0.15) is 11.4 Å². The highest BCUT2D eigenvalue weighted by molar-refractivity contribution is 6.07. The van der Waals surface area contributed by atoms with E-state index in [0.29, 0.717) is 17.9 Å². The fraction of sp³-hybridized carbons (Fsp3) is 0.400. The number of hydrogen-bond donors (Lipinski definition) is 0. The largest absolute Gasteiger partial charge is 0.490 e. The Morgan fingerprint density at radius 3 is 2.56 bits per heavy atom. The van der Waals surface area contributed by atoms with Crippen molar-refractivity contribution in [2.75, 3.05) is 0 Å². The van der Waals surface area contributed by atoms with Gasteiger partial charge >= 0.3 is 6.09 Å². The molecule has 4 rings (SSSR count). The van der Waals surface area contributed by atoms with E-state index in [-0.39, 0.29) is 12.5 Å². The molecule has 0 aromatic heterocycles. The van der Waals surface area contributed by atoms with Gasteiger partial charge in [0, 0.05) is 12.0 Å². The maximum absolute atomic E-state index is 13.4. The van der Waals surface area contributed by atoms with Gasteiger partial charge in [0.25, 0.3) is 5.91 Å². The molecule has 2 aromatic rings. The molecule has 0 saturated carbocycles. The maximum Gasteiger partial charge on any atom is 0.417 e. The zero-order valence-corrected chi connectivity index (χ0v) is 18.8. The van der Waals surface area contributed by atoms with Crippen LogP contribution in [0.5, 0.6) is 5.75 Å². The number of carbonyl (C=O) groups excluding carboxylic acids is 2. The minimum absolute atomic E-state index is 0.00292. The van der Waals surface area contributed by atoms with E-state index in [9.17, 15) is 9.59 Å². The Morgan fingerprint density at radius 2 is 1.84 bits per heavy atom. The first-order valence-electron chi connectivity index (χ1n) is 10.8. The fourth-order valence-corrected chi connectivity index (χ4v) is 4.08. The Morgan fingerprint density at radius 1 is 1.16 bits per heavy atom. The monoisotopic (exact) mass is 436 g/mol. The lowest BCUT2D eigenvalue weighted by atomic mass is 9.91. The summed E-state index contributed by atoms with van der Waals surface area (Å²) in [6.45, 7) is 7.54. The number of carbonyl (C=O) groups is 2. The third-order valence-corrected chi connectivity index (χ3v) is 5.68. The molecule has 0 radical (unpaired) electrons. The van der Waals surface area contributed by atoms with Crippen LogP contribution in [0, 0.1) is 0 Å². The molecule has 2 aromatic carbocycles. The van der Waals surface area contributed by atoms with E-state index in [4.69, 9.17) is 14.3 Å². The van der Waals surface area contributed by atoms with Crippen LogP contribution in [0.2, 0.25) is 0 Å². The average Bonchev–Trinajstić information content (AvgIpc) is 3.31. The third kappa shape index (κ3) is 4.33. The second kappa shape index (κ2) is 8.65. The quantitative estimate of drug-likeness (QED) is 0.673. The molecule has 0 bridgehead atoms. The Balaban J connectivity index is 1.53. The van der Waals surface area contributed by atoms with Crippen molar-refractivity contribution in [2.45, 2.75) is 64.4 Å². The summed E-state index contributed by atoms with van der Waals surface area (Å²) in [6.07, 6.45) is -0.800. The van der Waals surface area contributed by atoms with Crippen LogP contribution in [0.3, 0.4) is 0 Å². The van der Waals surface area contributed by atoms with E-state index in [2.05, 4.69) is 5.16 Å². The van der Waals surface area contributed by atoms with Crippen LogP contribution < -0.4 is 4.74 Å². The van der Waals surface area contributed by atoms with E-state index in [1.54, 1.807) is 0 Å². The molecular formula is C25H28N2O5. The highest BCUT2D eigenvalue weighted by Gasteiger charge is 2.52. The van der Waals surface area contributed by atoms with Crippen molar-refractivity contribution in [3.05, 3.63) is 65.7 Å². The molecule has 0 spiro atoms. The second-order valence-corrected chi connectivity index (χ2v) is 8.88. The Kier molecular flexibility index (Phi) is 5.91. The number of oxime groups is 1. The topological polar surface area (TPSA) is 77.4 Å². The van der Waals surface area contributed by atoms with E-state index >= 15 is 0 Å². The lowest BCUT2D eigenvalue weighted by Gasteiger charge is -2.28. The van der Waals surface area contributed by atoms with Gasteiger partial charge in [0.2, 0.25) is 6.10 Å². The molecule has 2 heterocycles. The highest BCUT2D eigenvalue weighted by atomic mass is 16.6. The van der Waals surface area contributed by atoms with E-state index in [1.807, 2.05) is 82.3 Å². The Hall–Kier alpha value is -3.35. The summed E-state index contributed by atoms with van der Waals surface area (Å²) in [6, 6.07) is 16.8. The summed E-state index contributed by atoms with van der Waals surface area (Å²) in [5.74, 6) is 0.240. The van der Waals surface area contributed by atoms with Gasteiger partial charge in [-0.15, -0.1) is 0 Å². The van der Waals surface area contributed by atoms with Gasteiger partial charge in [-0.05, 0) is 51.8 Å². The van der Waals surface area contributed by atoms with Gasteiger partial charge in [-0.1, -0.05) is 47.6 Å². The van der Waals surface area contributed by atoms with E-state index in [1.165, 1.54) is 4.90 Å². The molecule has 2 aliphatic heterocycles. The van der Waals surface area contributed by atoms with Crippen LogP contribution in [0.25, 0.3) is 0 Å². The average molecular weight is 437 g/mol. The number of para-hydroxylation sites is 1. The van der Waals surface area contributed by atoms with Crippen LogP contribution >= 0.6 is 0 Å². The third-order valence-electron chi connectivity index (χ3n) is 5.68. The number of rotatable bonds is 6. The van der Waals surface area contributed by atoms with Crippen molar-refractivity contribution in [2.24, 2.45) is 5.16 Å².